The van der Waals surface area contributed by atoms with Crippen LogP contribution < -0.4 is 4.74 Å². The smallest absolute Gasteiger partial charge is 0.144 e. The Balaban J connectivity index is 2.19. The summed E-state index contributed by atoms with van der Waals surface area (Å²) < 4.78 is 5.48. The van der Waals surface area contributed by atoms with Gasteiger partial charge in [-0.05, 0) is 30.0 Å². The Bertz CT molecular complexity index is 776. The SMILES string of the molecule is COc1cccc(C)c1N=C(c1ccccc1)c1cccs1. The highest BCUT2D eigenvalue weighted by molar-refractivity contribution is 7.12. The van der Waals surface area contributed by atoms with Crippen LogP contribution in [0.4, 0.5) is 5.69 Å². The van der Waals surface area contributed by atoms with Crippen molar-refractivity contribution in [2.24, 2.45) is 4.99 Å². The van der Waals surface area contributed by atoms with Gasteiger partial charge < -0.3 is 4.74 Å². The Morgan fingerprint density at radius 3 is 2.45 bits per heavy atom. The number of benzene rings is 2. The first-order chi connectivity index (χ1) is 10.8. The number of hydrogen-bond donors (Lipinski definition) is 0. The number of para-hydroxylation sites is 1. The summed E-state index contributed by atoms with van der Waals surface area (Å²) in [5.74, 6) is 0.796. The average Bonchev–Trinajstić information content (AvgIpc) is 3.08. The minimum atomic E-state index is 0.796. The van der Waals surface area contributed by atoms with E-state index in [1.807, 2.05) is 36.4 Å². The first-order valence-corrected chi connectivity index (χ1v) is 7.99. The Kier molecular flexibility index (Phi) is 4.35. The number of nitrogens with zero attached hydrogens (tertiary/aromatic N) is 1. The van der Waals surface area contributed by atoms with E-state index in [0.29, 0.717) is 0 Å². The lowest BCUT2D eigenvalue weighted by atomic mass is 10.1. The predicted molar refractivity (Wildman–Crippen MR) is 93.8 cm³/mol. The van der Waals surface area contributed by atoms with Gasteiger partial charge in [0.05, 0.1) is 17.7 Å². The summed E-state index contributed by atoms with van der Waals surface area (Å²) >= 11 is 1.69. The standard InChI is InChI=1S/C19H17NOS/c1-14-8-6-11-16(21-2)18(14)20-19(17-12-7-13-22-17)15-9-4-3-5-10-15/h3-13H,1-2H3. The molecule has 3 heteroatoms. The largest absolute Gasteiger partial charge is 0.494 e. The lowest BCUT2D eigenvalue weighted by Crippen LogP contribution is -2.01. The van der Waals surface area contributed by atoms with Crippen LogP contribution >= 0.6 is 11.3 Å². The van der Waals surface area contributed by atoms with Gasteiger partial charge in [-0.25, -0.2) is 4.99 Å². The Morgan fingerprint density at radius 1 is 0.955 bits per heavy atom. The molecule has 0 fully saturated rings. The Morgan fingerprint density at radius 2 is 1.77 bits per heavy atom. The predicted octanol–water partition coefficient (Wildman–Crippen LogP) is 5.23. The fourth-order valence-electron chi connectivity index (χ4n) is 2.32. The van der Waals surface area contributed by atoms with Crippen molar-refractivity contribution in [3.05, 3.63) is 82.0 Å². The molecule has 0 atom stereocenters. The van der Waals surface area contributed by atoms with E-state index in [2.05, 4.69) is 36.6 Å². The average molecular weight is 307 g/mol. The zero-order valence-electron chi connectivity index (χ0n) is 12.6. The molecule has 1 aromatic heterocycles. The number of ether oxygens (including phenoxy) is 1. The highest BCUT2D eigenvalue weighted by Crippen LogP contribution is 2.32. The van der Waals surface area contributed by atoms with E-state index in [-0.39, 0.29) is 0 Å². The van der Waals surface area contributed by atoms with Gasteiger partial charge in [-0.2, -0.15) is 0 Å². The zero-order chi connectivity index (χ0) is 15.4. The number of aryl methyl sites for hydroxylation is 1. The molecular formula is C19H17NOS. The summed E-state index contributed by atoms with van der Waals surface area (Å²) in [6, 6.07) is 20.4. The maximum absolute atomic E-state index is 5.48. The molecule has 3 aromatic rings. The third-order valence-electron chi connectivity index (χ3n) is 3.45. The molecule has 0 aliphatic carbocycles. The lowest BCUT2D eigenvalue weighted by molar-refractivity contribution is 0.416. The molecule has 22 heavy (non-hydrogen) atoms. The van der Waals surface area contributed by atoms with Gasteiger partial charge in [0, 0.05) is 5.56 Å². The van der Waals surface area contributed by atoms with E-state index in [4.69, 9.17) is 9.73 Å². The highest BCUT2D eigenvalue weighted by Gasteiger charge is 2.11. The maximum Gasteiger partial charge on any atom is 0.144 e. The number of aliphatic imine (C=N–C) groups is 1. The van der Waals surface area contributed by atoms with Crippen molar-refractivity contribution in [1.82, 2.24) is 0 Å². The van der Waals surface area contributed by atoms with Crippen molar-refractivity contribution in [3.63, 3.8) is 0 Å². The van der Waals surface area contributed by atoms with E-state index in [9.17, 15) is 0 Å². The maximum atomic E-state index is 5.48. The van der Waals surface area contributed by atoms with Gasteiger partial charge in [-0.1, -0.05) is 48.5 Å². The zero-order valence-corrected chi connectivity index (χ0v) is 13.4. The van der Waals surface area contributed by atoms with Gasteiger partial charge in [0.25, 0.3) is 0 Å². The molecular weight excluding hydrogens is 290 g/mol. The molecule has 0 aliphatic rings. The molecule has 0 spiro atoms. The van der Waals surface area contributed by atoms with E-state index in [1.165, 1.54) is 0 Å². The number of thiophene rings is 1. The van der Waals surface area contributed by atoms with Crippen LogP contribution in [0.15, 0.2) is 71.0 Å². The summed E-state index contributed by atoms with van der Waals surface area (Å²) in [6.45, 7) is 2.05. The first kappa shape index (κ1) is 14.5. The van der Waals surface area contributed by atoms with Gasteiger partial charge in [0.1, 0.15) is 11.4 Å². The molecule has 0 bridgehead atoms. The quantitative estimate of drug-likeness (QED) is 0.604. The fraction of sp³-hybridized carbons (Fsp3) is 0.105. The minimum absolute atomic E-state index is 0.796. The summed E-state index contributed by atoms with van der Waals surface area (Å²) in [5.41, 5.74) is 4.07. The van der Waals surface area contributed by atoms with E-state index >= 15 is 0 Å². The van der Waals surface area contributed by atoms with Crippen molar-refractivity contribution in [1.29, 1.82) is 0 Å². The van der Waals surface area contributed by atoms with Crippen LogP contribution in [0.5, 0.6) is 5.75 Å². The summed E-state index contributed by atoms with van der Waals surface area (Å²) in [4.78, 5) is 6.09. The van der Waals surface area contributed by atoms with E-state index in [1.54, 1.807) is 18.4 Å². The van der Waals surface area contributed by atoms with Crippen molar-refractivity contribution in [3.8, 4) is 5.75 Å². The topological polar surface area (TPSA) is 21.6 Å². The summed E-state index contributed by atoms with van der Waals surface area (Å²) in [5, 5.41) is 2.07. The second-order valence-corrected chi connectivity index (χ2v) is 5.88. The summed E-state index contributed by atoms with van der Waals surface area (Å²) in [6.07, 6.45) is 0. The third kappa shape index (κ3) is 2.95. The second-order valence-electron chi connectivity index (χ2n) is 4.93. The normalized spacial score (nSPS) is 11.5. The minimum Gasteiger partial charge on any atom is -0.494 e. The second kappa shape index (κ2) is 6.58. The van der Waals surface area contributed by atoms with Crippen LogP contribution in [0.1, 0.15) is 16.0 Å². The van der Waals surface area contributed by atoms with E-state index < -0.39 is 0 Å². The van der Waals surface area contributed by atoms with Crippen molar-refractivity contribution >= 4 is 22.7 Å². The molecule has 0 N–H and O–H groups in total. The van der Waals surface area contributed by atoms with Crippen molar-refractivity contribution < 1.29 is 4.74 Å². The molecule has 2 aromatic carbocycles. The fourth-order valence-corrected chi connectivity index (χ4v) is 3.06. The lowest BCUT2D eigenvalue weighted by Gasteiger charge is -2.10. The number of hydrogen-bond acceptors (Lipinski definition) is 3. The van der Waals surface area contributed by atoms with Gasteiger partial charge in [-0.3, -0.25) is 0 Å². The molecule has 0 aliphatic heterocycles. The van der Waals surface area contributed by atoms with Crippen LogP contribution in [-0.2, 0) is 0 Å². The van der Waals surface area contributed by atoms with Crippen LogP contribution in [0.3, 0.4) is 0 Å². The molecule has 0 unspecified atom stereocenters. The molecule has 1 heterocycles. The van der Waals surface area contributed by atoms with Crippen LogP contribution in [-0.4, -0.2) is 12.8 Å². The van der Waals surface area contributed by atoms with E-state index in [0.717, 1.165) is 33.2 Å². The van der Waals surface area contributed by atoms with Crippen LogP contribution in [0, 0.1) is 6.92 Å². The molecule has 2 nitrogen and oxygen atoms in total. The molecule has 0 saturated carbocycles. The first-order valence-electron chi connectivity index (χ1n) is 7.11. The highest BCUT2D eigenvalue weighted by atomic mass is 32.1. The molecule has 3 rings (SSSR count). The number of rotatable bonds is 4. The molecule has 0 radical (unpaired) electrons. The van der Waals surface area contributed by atoms with Crippen LogP contribution in [0.2, 0.25) is 0 Å². The molecule has 0 saturated heterocycles. The monoisotopic (exact) mass is 307 g/mol. The molecule has 110 valence electrons. The van der Waals surface area contributed by atoms with Gasteiger partial charge in [0.2, 0.25) is 0 Å². The number of methoxy groups -OCH3 is 1. The summed E-state index contributed by atoms with van der Waals surface area (Å²) in [7, 11) is 1.68. The van der Waals surface area contributed by atoms with Crippen LogP contribution in [0.25, 0.3) is 0 Å². The van der Waals surface area contributed by atoms with Gasteiger partial charge >= 0.3 is 0 Å². The van der Waals surface area contributed by atoms with Crippen molar-refractivity contribution in [2.45, 2.75) is 6.92 Å². The van der Waals surface area contributed by atoms with Crippen molar-refractivity contribution in [2.75, 3.05) is 7.11 Å². The third-order valence-corrected chi connectivity index (χ3v) is 4.32. The van der Waals surface area contributed by atoms with Gasteiger partial charge in [0.15, 0.2) is 0 Å². The Labute approximate surface area is 134 Å². The molecule has 0 amide bonds. The Hall–Kier alpha value is -2.39. The van der Waals surface area contributed by atoms with Gasteiger partial charge in [-0.15, -0.1) is 11.3 Å².